The summed E-state index contributed by atoms with van der Waals surface area (Å²) in [6, 6.07) is 56.3. The minimum absolute atomic E-state index is 0.962. The average Bonchev–Trinajstić information content (AvgIpc) is 3.61. The van der Waals surface area contributed by atoms with Crippen molar-refractivity contribution in [3.8, 4) is 33.6 Å². The summed E-state index contributed by atoms with van der Waals surface area (Å²) >= 11 is 0. The van der Waals surface area contributed by atoms with Crippen LogP contribution in [0.2, 0.25) is 0 Å². The van der Waals surface area contributed by atoms with E-state index in [1.54, 1.807) is 0 Å². The Labute approximate surface area is 254 Å². The standard InChI is InChI=1S/C41H27N3/c1-3-11-28(12-4-1)29-19-22-33(23-20-29)44-39-18-10-8-16-35(39)37-26-31(27-42-41(37)44)30-21-24-40-36(25-30)34-15-7-9-17-38(34)43(40)32-13-5-2-6-14-32/h1-27H. The second-order valence-corrected chi connectivity index (χ2v) is 11.3. The number of aromatic nitrogens is 3. The monoisotopic (exact) mass is 561 g/mol. The van der Waals surface area contributed by atoms with Crippen LogP contribution in [0.4, 0.5) is 0 Å². The van der Waals surface area contributed by atoms with Crippen molar-refractivity contribution in [3.05, 3.63) is 164 Å². The van der Waals surface area contributed by atoms with Gasteiger partial charge in [0.05, 0.1) is 16.6 Å². The van der Waals surface area contributed by atoms with Gasteiger partial charge in [-0.1, -0.05) is 103 Å². The van der Waals surface area contributed by atoms with E-state index in [0.717, 1.165) is 33.4 Å². The third-order valence-electron chi connectivity index (χ3n) is 8.77. The fourth-order valence-corrected chi connectivity index (χ4v) is 6.70. The molecule has 0 spiro atoms. The zero-order chi connectivity index (χ0) is 29.0. The number of fused-ring (bicyclic) bond motifs is 6. The summed E-state index contributed by atoms with van der Waals surface area (Å²) in [6.07, 6.45) is 2.02. The Bertz CT molecular complexity index is 2470. The molecule has 0 N–H and O–H groups in total. The van der Waals surface area contributed by atoms with Crippen molar-refractivity contribution in [2.45, 2.75) is 0 Å². The predicted octanol–water partition coefficient (Wildman–Crippen LogP) is 10.6. The van der Waals surface area contributed by atoms with Gasteiger partial charge in [0, 0.05) is 44.7 Å². The van der Waals surface area contributed by atoms with Crippen molar-refractivity contribution in [1.82, 2.24) is 14.1 Å². The summed E-state index contributed by atoms with van der Waals surface area (Å²) in [5.41, 5.74) is 11.5. The van der Waals surface area contributed by atoms with Crippen LogP contribution in [0.5, 0.6) is 0 Å². The fraction of sp³-hybridized carbons (Fsp3) is 0. The summed E-state index contributed by atoms with van der Waals surface area (Å²) < 4.78 is 4.63. The van der Waals surface area contributed by atoms with E-state index in [4.69, 9.17) is 4.98 Å². The lowest BCUT2D eigenvalue weighted by Crippen LogP contribution is -1.95. The molecule has 3 nitrogen and oxygen atoms in total. The largest absolute Gasteiger partial charge is 0.309 e. The molecule has 3 heterocycles. The summed E-state index contributed by atoms with van der Waals surface area (Å²) in [5, 5.41) is 4.84. The van der Waals surface area contributed by atoms with E-state index in [9.17, 15) is 0 Å². The molecule has 9 aromatic rings. The smallest absolute Gasteiger partial charge is 0.145 e. The fourth-order valence-electron chi connectivity index (χ4n) is 6.70. The lowest BCUT2D eigenvalue weighted by Gasteiger charge is -2.09. The highest BCUT2D eigenvalue weighted by molar-refractivity contribution is 6.12. The molecule has 44 heavy (non-hydrogen) atoms. The Morgan fingerprint density at radius 3 is 1.61 bits per heavy atom. The third-order valence-corrected chi connectivity index (χ3v) is 8.77. The van der Waals surface area contributed by atoms with Crippen molar-refractivity contribution in [1.29, 1.82) is 0 Å². The molecular weight excluding hydrogens is 534 g/mol. The predicted molar refractivity (Wildman–Crippen MR) is 184 cm³/mol. The number of benzene rings is 6. The van der Waals surface area contributed by atoms with Gasteiger partial charge in [0.2, 0.25) is 0 Å². The Morgan fingerprint density at radius 2 is 0.864 bits per heavy atom. The molecule has 3 aromatic heterocycles. The van der Waals surface area contributed by atoms with Gasteiger partial charge in [-0.2, -0.15) is 0 Å². The van der Waals surface area contributed by atoms with Gasteiger partial charge in [0.25, 0.3) is 0 Å². The SMILES string of the molecule is c1ccc(-c2ccc(-n3c4ccccc4c4cc(-c5ccc6c(c5)c5ccccc5n6-c5ccccc5)cnc43)cc2)cc1. The topological polar surface area (TPSA) is 22.8 Å². The maximum Gasteiger partial charge on any atom is 0.145 e. The first kappa shape index (κ1) is 24.6. The molecule has 0 saturated carbocycles. The first-order chi connectivity index (χ1) is 21.8. The molecule has 0 aliphatic heterocycles. The van der Waals surface area contributed by atoms with E-state index >= 15 is 0 Å². The van der Waals surface area contributed by atoms with Crippen LogP contribution >= 0.6 is 0 Å². The first-order valence-electron chi connectivity index (χ1n) is 15.0. The van der Waals surface area contributed by atoms with Crippen molar-refractivity contribution < 1.29 is 0 Å². The van der Waals surface area contributed by atoms with Crippen LogP contribution in [0.25, 0.3) is 77.4 Å². The molecule has 0 unspecified atom stereocenters. The van der Waals surface area contributed by atoms with Gasteiger partial charge >= 0.3 is 0 Å². The number of pyridine rings is 1. The molecule has 3 heteroatoms. The van der Waals surface area contributed by atoms with Crippen molar-refractivity contribution in [2.75, 3.05) is 0 Å². The van der Waals surface area contributed by atoms with Crippen LogP contribution in [-0.4, -0.2) is 14.1 Å². The number of nitrogens with zero attached hydrogens (tertiary/aromatic N) is 3. The third kappa shape index (κ3) is 3.80. The Balaban J connectivity index is 1.20. The summed E-state index contributed by atoms with van der Waals surface area (Å²) in [5.74, 6) is 0. The maximum atomic E-state index is 5.10. The van der Waals surface area contributed by atoms with Crippen molar-refractivity contribution in [3.63, 3.8) is 0 Å². The lowest BCUT2D eigenvalue weighted by atomic mass is 10.0. The minimum atomic E-state index is 0.962. The highest BCUT2D eigenvalue weighted by Gasteiger charge is 2.16. The van der Waals surface area contributed by atoms with Crippen LogP contribution in [0.1, 0.15) is 0 Å². The van der Waals surface area contributed by atoms with Crippen molar-refractivity contribution >= 4 is 43.7 Å². The van der Waals surface area contributed by atoms with E-state index in [0.29, 0.717) is 0 Å². The zero-order valence-corrected chi connectivity index (χ0v) is 23.9. The van der Waals surface area contributed by atoms with Gasteiger partial charge in [-0.05, 0) is 71.3 Å². The number of hydrogen-bond acceptors (Lipinski definition) is 1. The van der Waals surface area contributed by atoms with Gasteiger partial charge in [-0.3, -0.25) is 4.57 Å². The molecule has 0 radical (unpaired) electrons. The van der Waals surface area contributed by atoms with Crippen LogP contribution < -0.4 is 0 Å². The minimum Gasteiger partial charge on any atom is -0.309 e. The molecule has 0 fully saturated rings. The van der Waals surface area contributed by atoms with Gasteiger partial charge in [0.1, 0.15) is 5.65 Å². The second kappa shape index (κ2) is 9.82. The molecule has 0 amide bonds. The van der Waals surface area contributed by atoms with E-state index in [1.807, 2.05) is 6.20 Å². The summed E-state index contributed by atoms with van der Waals surface area (Å²) in [4.78, 5) is 5.10. The molecule has 0 aliphatic carbocycles. The van der Waals surface area contributed by atoms with Gasteiger partial charge in [-0.25, -0.2) is 4.98 Å². The number of para-hydroxylation sites is 3. The maximum absolute atomic E-state index is 5.10. The van der Waals surface area contributed by atoms with Gasteiger partial charge < -0.3 is 4.57 Å². The van der Waals surface area contributed by atoms with Crippen LogP contribution in [0, 0.1) is 0 Å². The quantitative estimate of drug-likeness (QED) is 0.210. The molecule has 0 atom stereocenters. The van der Waals surface area contributed by atoms with E-state index < -0.39 is 0 Å². The Kier molecular flexibility index (Phi) is 5.50. The molecule has 6 aromatic carbocycles. The number of hydrogen-bond donors (Lipinski definition) is 0. The second-order valence-electron chi connectivity index (χ2n) is 11.3. The molecule has 0 saturated heterocycles. The van der Waals surface area contributed by atoms with Crippen molar-refractivity contribution in [2.24, 2.45) is 0 Å². The normalized spacial score (nSPS) is 11.6. The first-order valence-corrected chi connectivity index (χ1v) is 15.0. The Hall–Kier alpha value is -5.93. The van der Waals surface area contributed by atoms with E-state index in [-0.39, 0.29) is 0 Å². The summed E-state index contributed by atoms with van der Waals surface area (Å²) in [7, 11) is 0. The van der Waals surface area contributed by atoms with Crippen LogP contribution in [-0.2, 0) is 0 Å². The van der Waals surface area contributed by atoms with Crippen LogP contribution in [0.3, 0.4) is 0 Å². The summed E-state index contributed by atoms with van der Waals surface area (Å²) in [6.45, 7) is 0. The molecule has 9 rings (SSSR count). The van der Waals surface area contributed by atoms with Gasteiger partial charge in [-0.15, -0.1) is 0 Å². The molecule has 206 valence electrons. The lowest BCUT2D eigenvalue weighted by molar-refractivity contribution is 1.14. The zero-order valence-electron chi connectivity index (χ0n) is 23.9. The van der Waals surface area contributed by atoms with Gasteiger partial charge in [0.15, 0.2) is 0 Å². The van der Waals surface area contributed by atoms with Crippen LogP contribution in [0.15, 0.2) is 164 Å². The highest BCUT2D eigenvalue weighted by Crippen LogP contribution is 2.37. The Morgan fingerprint density at radius 1 is 0.341 bits per heavy atom. The van der Waals surface area contributed by atoms with E-state index in [2.05, 4.69) is 167 Å². The average molecular weight is 562 g/mol. The number of rotatable bonds is 4. The van der Waals surface area contributed by atoms with E-state index in [1.165, 1.54) is 44.0 Å². The molecule has 0 aliphatic rings. The highest BCUT2D eigenvalue weighted by atomic mass is 15.0. The molecule has 0 bridgehead atoms. The molecular formula is C41H27N3.